The summed E-state index contributed by atoms with van der Waals surface area (Å²) in [5.74, 6) is 0. The molecule has 0 saturated heterocycles. The molecule has 3 heteroatoms. The standard InChI is InChI=1S/C10H11BrOS/c1-8(13-12)10(11)7-9-5-3-2-4-6-9/h2-6,10H,7H2,1H3. The van der Waals surface area contributed by atoms with Crippen LogP contribution in [0.4, 0.5) is 0 Å². The second kappa shape index (κ2) is 5.35. The molecule has 0 spiro atoms. The number of benzene rings is 1. The van der Waals surface area contributed by atoms with Crippen LogP contribution in [0.15, 0.2) is 30.3 Å². The normalized spacial score (nSPS) is 12.2. The number of alkyl halides is 1. The zero-order valence-corrected chi connectivity index (χ0v) is 9.77. The number of halogens is 1. The molecular weight excluding hydrogens is 248 g/mol. The van der Waals surface area contributed by atoms with Gasteiger partial charge in [0.2, 0.25) is 0 Å². The van der Waals surface area contributed by atoms with E-state index in [9.17, 15) is 4.21 Å². The number of hydrogen-bond acceptors (Lipinski definition) is 1. The molecule has 70 valence electrons. The van der Waals surface area contributed by atoms with Crippen molar-refractivity contribution in [2.24, 2.45) is 0 Å². The molecule has 1 unspecified atom stereocenters. The largest absolute Gasteiger partial charge is 0.212 e. The SMILES string of the molecule is CC(=S=O)C(Br)Cc1ccccc1. The highest BCUT2D eigenvalue weighted by Crippen LogP contribution is 2.10. The third-order valence-electron chi connectivity index (χ3n) is 1.83. The van der Waals surface area contributed by atoms with E-state index in [0.717, 1.165) is 11.3 Å². The Morgan fingerprint density at radius 3 is 2.62 bits per heavy atom. The number of rotatable bonds is 3. The zero-order valence-electron chi connectivity index (χ0n) is 7.37. The van der Waals surface area contributed by atoms with Gasteiger partial charge < -0.3 is 0 Å². The van der Waals surface area contributed by atoms with E-state index in [1.165, 1.54) is 5.56 Å². The highest BCUT2D eigenvalue weighted by atomic mass is 79.9. The average molecular weight is 259 g/mol. The topological polar surface area (TPSA) is 17.1 Å². The van der Waals surface area contributed by atoms with E-state index in [2.05, 4.69) is 28.1 Å². The van der Waals surface area contributed by atoms with Gasteiger partial charge in [0.15, 0.2) is 0 Å². The van der Waals surface area contributed by atoms with Gasteiger partial charge in [0, 0.05) is 4.86 Å². The Labute approximate surface area is 90.4 Å². The summed E-state index contributed by atoms with van der Waals surface area (Å²) in [4.78, 5) is 1.06. The van der Waals surface area contributed by atoms with Crippen molar-refractivity contribution < 1.29 is 4.21 Å². The molecular formula is C10H11BrOS. The summed E-state index contributed by atoms with van der Waals surface area (Å²) in [7, 11) is 0. The molecule has 1 aromatic carbocycles. The molecule has 0 saturated carbocycles. The van der Waals surface area contributed by atoms with Gasteiger partial charge >= 0.3 is 0 Å². The summed E-state index contributed by atoms with van der Waals surface area (Å²) in [5, 5.41) is 0. The quantitative estimate of drug-likeness (QED) is 0.601. The van der Waals surface area contributed by atoms with E-state index < -0.39 is 0 Å². The van der Waals surface area contributed by atoms with Crippen molar-refractivity contribution in [2.45, 2.75) is 18.2 Å². The third kappa shape index (κ3) is 3.44. The molecule has 0 fully saturated rings. The average Bonchev–Trinajstić information content (AvgIpc) is 2.18. The van der Waals surface area contributed by atoms with Gasteiger partial charge in [-0.1, -0.05) is 46.3 Å². The van der Waals surface area contributed by atoms with E-state index in [4.69, 9.17) is 0 Å². The van der Waals surface area contributed by atoms with E-state index in [-0.39, 0.29) is 4.83 Å². The monoisotopic (exact) mass is 258 g/mol. The van der Waals surface area contributed by atoms with Gasteiger partial charge in [-0.15, -0.1) is 0 Å². The first-order valence-electron chi connectivity index (χ1n) is 4.05. The first-order valence-corrected chi connectivity index (χ1v) is 5.71. The maximum absolute atomic E-state index is 10.5. The molecule has 1 atom stereocenters. The predicted octanol–water partition coefficient (Wildman–Crippen LogP) is 2.40. The first-order chi connectivity index (χ1) is 6.24. The molecule has 1 rings (SSSR count). The van der Waals surface area contributed by atoms with Gasteiger partial charge in [-0.2, -0.15) is 0 Å². The smallest absolute Gasteiger partial charge is 0.0885 e. The van der Waals surface area contributed by atoms with Crippen molar-refractivity contribution in [1.82, 2.24) is 0 Å². The van der Waals surface area contributed by atoms with E-state index >= 15 is 0 Å². The maximum atomic E-state index is 10.5. The van der Waals surface area contributed by atoms with Crippen LogP contribution in [0.25, 0.3) is 0 Å². The van der Waals surface area contributed by atoms with Crippen LogP contribution in [-0.4, -0.2) is 13.9 Å². The summed E-state index contributed by atoms with van der Waals surface area (Å²) >= 11 is 4.05. The van der Waals surface area contributed by atoms with Crippen LogP contribution in [0.3, 0.4) is 0 Å². The van der Waals surface area contributed by atoms with Crippen molar-refractivity contribution >= 4 is 32.1 Å². The highest BCUT2D eigenvalue weighted by Gasteiger charge is 2.07. The fraction of sp³-hybridized carbons (Fsp3) is 0.300. The second-order valence-electron chi connectivity index (χ2n) is 2.85. The summed E-state index contributed by atoms with van der Waals surface area (Å²) in [6.45, 7) is 1.86. The van der Waals surface area contributed by atoms with Crippen LogP contribution in [0, 0.1) is 0 Å². The molecule has 0 N–H and O–H groups in total. The Kier molecular flexibility index (Phi) is 4.39. The molecule has 1 aromatic rings. The molecule has 0 aromatic heterocycles. The fourth-order valence-electron chi connectivity index (χ4n) is 1.02. The Morgan fingerprint density at radius 1 is 1.46 bits per heavy atom. The molecule has 0 aliphatic carbocycles. The van der Waals surface area contributed by atoms with Gasteiger partial charge in [-0.05, 0) is 18.9 Å². The van der Waals surface area contributed by atoms with Crippen LogP contribution in [-0.2, 0) is 17.7 Å². The Hall–Kier alpha value is -0.410. The number of hydrogen-bond donors (Lipinski definition) is 0. The van der Waals surface area contributed by atoms with E-state index in [0.29, 0.717) is 11.3 Å². The summed E-state index contributed by atoms with van der Waals surface area (Å²) in [6.07, 6.45) is 0.877. The van der Waals surface area contributed by atoms with Crippen molar-refractivity contribution in [3.63, 3.8) is 0 Å². The minimum atomic E-state index is 0.178. The van der Waals surface area contributed by atoms with Crippen LogP contribution in [0.1, 0.15) is 12.5 Å². The van der Waals surface area contributed by atoms with Gasteiger partial charge in [-0.3, -0.25) is 0 Å². The Balaban J connectivity index is 2.65. The van der Waals surface area contributed by atoms with E-state index in [1.807, 2.05) is 25.1 Å². The summed E-state index contributed by atoms with van der Waals surface area (Å²) in [6, 6.07) is 10.1. The molecule has 1 nitrogen and oxygen atoms in total. The molecule has 0 amide bonds. The van der Waals surface area contributed by atoms with Crippen molar-refractivity contribution in [3.8, 4) is 0 Å². The van der Waals surface area contributed by atoms with Gasteiger partial charge in [0.1, 0.15) is 0 Å². The Bertz CT molecular complexity index is 317. The third-order valence-corrected chi connectivity index (χ3v) is 3.69. The zero-order chi connectivity index (χ0) is 9.68. The lowest BCUT2D eigenvalue weighted by Crippen LogP contribution is -2.12. The van der Waals surface area contributed by atoms with Crippen molar-refractivity contribution in [1.29, 1.82) is 0 Å². The summed E-state index contributed by atoms with van der Waals surface area (Å²) < 4.78 is 10.5. The highest BCUT2D eigenvalue weighted by molar-refractivity contribution is 9.10. The van der Waals surface area contributed by atoms with Gasteiger partial charge in [0.25, 0.3) is 0 Å². The first kappa shape index (κ1) is 10.7. The molecule has 0 bridgehead atoms. The predicted molar refractivity (Wildman–Crippen MR) is 61.7 cm³/mol. The molecule has 0 aliphatic rings. The van der Waals surface area contributed by atoms with Crippen LogP contribution < -0.4 is 0 Å². The second-order valence-corrected chi connectivity index (χ2v) is 4.77. The molecule has 0 radical (unpaired) electrons. The lowest BCUT2D eigenvalue weighted by Gasteiger charge is -2.06. The Morgan fingerprint density at radius 2 is 2.08 bits per heavy atom. The molecule has 13 heavy (non-hydrogen) atoms. The van der Waals surface area contributed by atoms with Crippen molar-refractivity contribution in [3.05, 3.63) is 35.9 Å². The lowest BCUT2D eigenvalue weighted by molar-refractivity contribution is 0.700. The van der Waals surface area contributed by atoms with Crippen LogP contribution >= 0.6 is 15.9 Å². The minimum Gasteiger partial charge on any atom is -0.212 e. The maximum Gasteiger partial charge on any atom is 0.0885 e. The molecule has 0 aliphatic heterocycles. The van der Waals surface area contributed by atoms with Crippen molar-refractivity contribution in [2.75, 3.05) is 0 Å². The van der Waals surface area contributed by atoms with E-state index in [1.54, 1.807) is 0 Å². The van der Waals surface area contributed by atoms with Crippen LogP contribution in [0.2, 0.25) is 0 Å². The fourth-order valence-corrected chi connectivity index (χ4v) is 1.81. The minimum absolute atomic E-state index is 0.178. The van der Waals surface area contributed by atoms with Gasteiger partial charge in [-0.25, -0.2) is 4.21 Å². The summed E-state index contributed by atoms with van der Waals surface area (Å²) in [5.41, 5.74) is 1.25. The van der Waals surface area contributed by atoms with Crippen LogP contribution in [0.5, 0.6) is 0 Å². The lowest BCUT2D eigenvalue weighted by atomic mass is 10.1. The molecule has 0 heterocycles. The van der Waals surface area contributed by atoms with Gasteiger partial charge in [0.05, 0.1) is 16.1 Å².